The fourth-order valence-corrected chi connectivity index (χ4v) is 4.07. The maximum atomic E-state index is 13.4. The van der Waals surface area contributed by atoms with Gasteiger partial charge in [-0.1, -0.05) is 48.5 Å². The first kappa shape index (κ1) is 20.5. The van der Waals surface area contributed by atoms with Crippen molar-refractivity contribution in [3.8, 4) is 5.75 Å². The van der Waals surface area contributed by atoms with Gasteiger partial charge in [0.25, 0.3) is 5.91 Å². The molecule has 3 aromatic carbocycles. The summed E-state index contributed by atoms with van der Waals surface area (Å²) in [7, 11) is 0. The van der Waals surface area contributed by atoms with E-state index in [1.54, 1.807) is 29.3 Å². The van der Waals surface area contributed by atoms with Crippen molar-refractivity contribution in [2.24, 2.45) is 5.10 Å². The molecule has 1 aromatic heterocycles. The van der Waals surface area contributed by atoms with Crippen LogP contribution in [0.1, 0.15) is 33.9 Å². The molecule has 2 heterocycles. The van der Waals surface area contributed by atoms with Gasteiger partial charge < -0.3 is 14.8 Å². The first-order chi connectivity index (χ1) is 16.1. The average molecular weight is 439 g/mol. The summed E-state index contributed by atoms with van der Waals surface area (Å²) in [5.41, 5.74) is 4.27. The Morgan fingerprint density at radius 3 is 2.48 bits per heavy atom. The number of rotatable bonds is 6. The highest BCUT2D eigenvalue weighted by molar-refractivity contribution is 6.12. The molecule has 0 aliphatic carbocycles. The van der Waals surface area contributed by atoms with E-state index in [1.165, 1.54) is 0 Å². The number of amides is 1. The number of carboxylic acid groups (broad SMARTS) is 1. The van der Waals surface area contributed by atoms with E-state index in [2.05, 4.69) is 4.98 Å². The molecule has 0 saturated heterocycles. The van der Waals surface area contributed by atoms with Crippen LogP contribution in [-0.4, -0.2) is 39.3 Å². The van der Waals surface area contributed by atoms with Gasteiger partial charge in [-0.3, -0.25) is 4.79 Å². The van der Waals surface area contributed by atoms with Gasteiger partial charge >= 0.3 is 5.97 Å². The molecule has 1 atom stereocenters. The van der Waals surface area contributed by atoms with Crippen molar-refractivity contribution < 1.29 is 19.4 Å². The van der Waals surface area contributed by atoms with Crippen LogP contribution in [0.3, 0.4) is 0 Å². The van der Waals surface area contributed by atoms with Crippen molar-refractivity contribution in [1.29, 1.82) is 0 Å². The van der Waals surface area contributed by atoms with Crippen molar-refractivity contribution in [2.45, 2.75) is 12.5 Å². The number of benzene rings is 3. The van der Waals surface area contributed by atoms with E-state index in [0.29, 0.717) is 17.7 Å². The lowest BCUT2D eigenvalue weighted by atomic mass is 9.97. The van der Waals surface area contributed by atoms with Gasteiger partial charge in [0, 0.05) is 34.6 Å². The first-order valence-electron chi connectivity index (χ1n) is 10.6. The predicted molar refractivity (Wildman–Crippen MR) is 124 cm³/mol. The molecule has 2 N–H and O–H groups in total. The summed E-state index contributed by atoms with van der Waals surface area (Å²) in [6.45, 7) is -0.408. The second-order valence-corrected chi connectivity index (χ2v) is 7.78. The highest BCUT2D eigenvalue weighted by Gasteiger charge is 2.34. The van der Waals surface area contributed by atoms with E-state index < -0.39 is 12.6 Å². The number of aromatic nitrogens is 1. The smallest absolute Gasteiger partial charge is 0.341 e. The van der Waals surface area contributed by atoms with Gasteiger partial charge in [-0.2, -0.15) is 5.10 Å². The third-order valence-electron chi connectivity index (χ3n) is 5.67. The maximum absolute atomic E-state index is 13.4. The van der Waals surface area contributed by atoms with Crippen molar-refractivity contribution in [3.05, 3.63) is 102 Å². The molecule has 5 rings (SSSR count). The Hall–Kier alpha value is -4.39. The van der Waals surface area contributed by atoms with Crippen LogP contribution < -0.4 is 4.74 Å². The van der Waals surface area contributed by atoms with Crippen LogP contribution in [0.5, 0.6) is 5.75 Å². The lowest BCUT2D eigenvalue weighted by Gasteiger charge is -2.22. The third-order valence-corrected chi connectivity index (χ3v) is 5.67. The Morgan fingerprint density at radius 1 is 1.00 bits per heavy atom. The Labute approximate surface area is 189 Å². The molecule has 1 unspecified atom stereocenters. The van der Waals surface area contributed by atoms with Gasteiger partial charge in [0.05, 0.1) is 11.8 Å². The van der Waals surface area contributed by atoms with Crippen LogP contribution in [0.25, 0.3) is 10.9 Å². The van der Waals surface area contributed by atoms with Crippen LogP contribution in [0, 0.1) is 0 Å². The summed E-state index contributed by atoms with van der Waals surface area (Å²) in [6, 6.07) is 23.9. The molecule has 1 amide bonds. The second-order valence-electron chi connectivity index (χ2n) is 7.78. The van der Waals surface area contributed by atoms with E-state index in [1.807, 2.05) is 60.8 Å². The van der Waals surface area contributed by atoms with Crippen LogP contribution in [-0.2, 0) is 4.79 Å². The minimum absolute atomic E-state index is 0.179. The molecule has 0 fully saturated rings. The van der Waals surface area contributed by atoms with Crippen LogP contribution in [0.4, 0.5) is 0 Å². The fourth-order valence-electron chi connectivity index (χ4n) is 4.07. The van der Waals surface area contributed by atoms with E-state index in [9.17, 15) is 9.59 Å². The SMILES string of the molecule is O=C(O)COc1ccc(C2CC(c3c[nH]c4ccccc34)=NN2C(=O)c2ccccc2)cc1. The molecule has 7 heteroatoms. The summed E-state index contributed by atoms with van der Waals surface area (Å²) in [5.74, 6) is -0.759. The summed E-state index contributed by atoms with van der Waals surface area (Å²) >= 11 is 0. The highest BCUT2D eigenvalue weighted by Crippen LogP contribution is 2.36. The quantitative estimate of drug-likeness (QED) is 0.458. The molecule has 7 nitrogen and oxygen atoms in total. The summed E-state index contributed by atoms with van der Waals surface area (Å²) in [5, 5.41) is 16.2. The van der Waals surface area contributed by atoms with Gasteiger partial charge in [-0.15, -0.1) is 0 Å². The van der Waals surface area contributed by atoms with Gasteiger partial charge in [-0.25, -0.2) is 9.80 Å². The number of hydrazone groups is 1. The number of hydrogen-bond donors (Lipinski definition) is 2. The van der Waals surface area contributed by atoms with E-state index in [-0.39, 0.29) is 11.9 Å². The number of nitrogens with one attached hydrogen (secondary N) is 1. The Morgan fingerprint density at radius 2 is 1.73 bits per heavy atom. The van der Waals surface area contributed by atoms with Crippen molar-refractivity contribution >= 4 is 28.5 Å². The molecular weight excluding hydrogens is 418 g/mol. The van der Waals surface area contributed by atoms with Gasteiger partial charge in [0.15, 0.2) is 6.61 Å². The maximum Gasteiger partial charge on any atom is 0.341 e. The van der Waals surface area contributed by atoms with Gasteiger partial charge in [0.2, 0.25) is 0 Å². The lowest BCUT2D eigenvalue weighted by Crippen LogP contribution is -2.27. The number of ether oxygens (including phenoxy) is 1. The number of carbonyl (C=O) groups excluding carboxylic acids is 1. The number of nitrogens with zero attached hydrogens (tertiary/aromatic N) is 2. The Balaban J connectivity index is 1.49. The second kappa shape index (κ2) is 8.63. The zero-order valence-electron chi connectivity index (χ0n) is 17.6. The number of para-hydroxylation sites is 1. The van der Waals surface area contributed by atoms with Crippen LogP contribution in [0.2, 0.25) is 0 Å². The predicted octanol–water partition coefficient (Wildman–Crippen LogP) is 4.62. The molecule has 164 valence electrons. The minimum Gasteiger partial charge on any atom is -0.482 e. The molecule has 0 bridgehead atoms. The molecule has 4 aromatic rings. The molecule has 1 aliphatic heterocycles. The largest absolute Gasteiger partial charge is 0.482 e. The number of aromatic amines is 1. The zero-order chi connectivity index (χ0) is 22.8. The fraction of sp³-hybridized carbons (Fsp3) is 0.115. The third kappa shape index (κ3) is 4.08. The molecule has 0 saturated carbocycles. The monoisotopic (exact) mass is 439 g/mol. The highest BCUT2D eigenvalue weighted by atomic mass is 16.5. The summed E-state index contributed by atoms with van der Waals surface area (Å²) in [4.78, 5) is 27.4. The van der Waals surface area contributed by atoms with Crippen molar-refractivity contribution in [2.75, 3.05) is 6.61 Å². The molecular formula is C26H21N3O4. The molecule has 0 spiro atoms. The number of hydrogen-bond acceptors (Lipinski definition) is 4. The number of fused-ring (bicyclic) bond motifs is 1. The minimum atomic E-state index is -1.04. The Bertz CT molecular complexity index is 1340. The zero-order valence-corrected chi connectivity index (χ0v) is 17.6. The van der Waals surface area contributed by atoms with Gasteiger partial charge in [0.1, 0.15) is 5.75 Å². The molecule has 0 radical (unpaired) electrons. The Kier molecular flexibility index (Phi) is 5.36. The topological polar surface area (TPSA) is 95.0 Å². The summed E-state index contributed by atoms with van der Waals surface area (Å²) in [6.07, 6.45) is 2.48. The molecule has 33 heavy (non-hydrogen) atoms. The lowest BCUT2D eigenvalue weighted by molar-refractivity contribution is -0.139. The standard InChI is InChI=1S/C26H21N3O4/c30-25(31)16-33-19-12-10-17(11-13-19)24-14-23(21-15-27-22-9-5-4-8-20(21)22)28-29(24)26(32)18-6-2-1-3-7-18/h1-13,15,24,27H,14,16H2,(H,30,31). The normalized spacial score (nSPS) is 15.5. The number of aliphatic carboxylic acids is 1. The van der Waals surface area contributed by atoms with Crippen molar-refractivity contribution in [3.63, 3.8) is 0 Å². The van der Waals surface area contributed by atoms with Crippen LogP contribution >= 0.6 is 0 Å². The van der Waals surface area contributed by atoms with Crippen LogP contribution in [0.15, 0.2) is 90.2 Å². The van der Waals surface area contributed by atoms with E-state index >= 15 is 0 Å². The average Bonchev–Trinajstić information content (AvgIpc) is 3.48. The number of H-pyrrole nitrogens is 1. The van der Waals surface area contributed by atoms with Crippen molar-refractivity contribution in [1.82, 2.24) is 9.99 Å². The van der Waals surface area contributed by atoms with E-state index in [0.717, 1.165) is 27.7 Å². The molecule has 1 aliphatic rings. The van der Waals surface area contributed by atoms with Gasteiger partial charge in [-0.05, 0) is 35.9 Å². The number of carbonyl (C=O) groups is 2. The number of carboxylic acids is 1. The van der Waals surface area contributed by atoms with E-state index in [4.69, 9.17) is 14.9 Å². The first-order valence-corrected chi connectivity index (χ1v) is 10.6. The summed E-state index contributed by atoms with van der Waals surface area (Å²) < 4.78 is 5.24.